The number of aromatic nitrogens is 1. The molecule has 3 fully saturated rings. The number of likely N-dealkylation sites (N-methyl/N-ethyl adjacent to an activating group) is 1. The number of benzene rings is 1. The van der Waals surface area contributed by atoms with E-state index < -0.39 is 46.1 Å². The first-order valence-corrected chi connectivity index (χ1v) is 19.9. The van der Waals surface area contributed by atoms with Crippen LogP contribution in [0.15, 0.2) is 65.4 Å². The summed E-state index contributed by atoms with van der Waals surface area (Å²) in [6, 6.07) is 7.07. The quantitative estimate of drug-likeness (QED) is 0.163. The summed E-state index contributed by atoms with van der Waals surface area (Å²) in [7, 11) is 3.29. The smallest absolute Gasteiger partial charge is 0.339 e. The van der Waals surface area contributed by atoms with Gasteiger partial charge in [0.2, 0.25) is 0 Å². The van der Waals surface area contributed by atoms with Crippen LogP contribution in [0.25, 0.3) is 16.5 Å². The number of allylic oxidation sites excluding steroid dienone is 4. The van der Waals surface area contributed by atoms with Crippen LogP contribution < -0.4 is 11.5 Å². The number of ether oxygens (including phenoxy) is 1. The van der Waals surface area contributed by atoms with Gasteiger partial charge in [-0.3, -0.25) is 9.69 Å². The molecule has 1 saturated carbocycles. The van der Waals surface area contributed by atoms with Gasteiger partial charge in [0.25, 0.3) is 5.91 Å². The first kappa shape index (κ1) is 38.5. The van der Waals surface area contributed by atoms with E-state index >= 15 is 0 Å². The number of nitrogens with two attached hydrogens (primary N) is 2. The van der Waals surface area contributed by atoms with Crippen LogP contribution in [-0.2, 0) is 20.7 Å². The zero-order chi connectivity index (χ0) is 38.8. The highest BCUT2D eigenvalue weighted by Crippen LogP contribution is 2.68. The fourth-order valence-corrected chi connectivity index (χ4v) is 11.8. The number of methoxy groups -OCH3 is 1. The van der Waals surface area contributed by atoms with Crippen molar-refractivity contribution in [2.45, 2.75) is 108 Å². The van der Waals surface area contributed by atoms with Crippen LogP contribution in [0.1, 0.15) is 83.4 Å². The summed E-state index contributed by atoms with van der Waals surface area (Å²) in [6.45, 7) is 7.41. The molecule has 2 saturated heterocycles. The molecular weight excluding hydrogens is 683 g/mol. The number of hydrogen-bond acceptors (Lipinski definition) is 9. The first-order chi connectivity index (χ1) is 25.8. The van der Waals surface area contributed by atoms with Gasteiger partial charge in [0.1, 0.15) is 6.10 Å². The third-order valence-corrected chi connectivity index (χ3v) is 14.3. The van der Waals surface area contributed by atoms with Crippen molar-refractivity contribution in [1.29, 1.82) is 0 Å². The van der Waals surface area contributed by atoms with Gasteiger partial charge in [0.15, 0.2) is 5.60 Å². The molecule has 3 unspecified atom stereocenters. The summed E-state index contributed by atoms with van der Waals surface area (Å²) >= 11 is 0. The lowest BCUT2D eigenvalue weighted by Gasteiger charge is -2.63. The maximum absolute atomic E-state index is 14.3. The van der Waals surface area contributed by atoms with Crippen LogP contribution in [0.5, 0.6) is 0 Å². The van der Waals surface area contributed by atoms with E-state index in [-0.39, 0.29) is 18.5 Å². The normalized spacial score (nSPS) is 36.4. The Labute approximate surface area is 318 Å². The van der Waals surface area contributed by atoms with E-state index in [9.17, 15) is 24.9 Å². The average molecular weight is 742 g/mol. The monoisotopic (exact) mass is 741 g/mol. The summed E-state index contributed by atoms with van der Waals surface area (Å²) in [4.78, 5) is 35.8. The standard InChI is InChI=1S/C43H59N5O6/c1-6-32-30(42-21-23-48-22-13-20-41(8-3,36(42)48)38(50)43(53,39(45)51)37(42)47(32)4)19-18-27-26(24-40(52,7-2)25-44)14-9-10-16-29-28-15-11-12-17-31(28)46-34(29)33(27)35(49)54-5/h6,11-13,15,17,19-20,26,36-38,46,50,52-53H,7-10,14,16,18,21-25,44H2,1-5H3,(H2,45,51)/b30-19+,32-6+,33-27+/t26-,36?,37?,38-,40?,41-,42-,43+/m1/s1. The second-order valence-corrected chi connectivity index (χ2v) is 16.5. The van der Waals surface area contributed by atoms with Gasteiger partial charge in [-0.2, -0.15) is 0 Å². The van der Waals surface area contributed by atoms with E-state index in [1.165, 1.54) is 7.11 Å². The lowest BCUT2D eigenvalue weighted by molar-refractivity contribution is -0.220. The van der Waals surface area contributed by atoms with Gasteiger partial charge >= 0.3 is 5.97 Å². The Hall–Kier alpha value is -3.74. The highest BCUT2D eigenvalue weighted by Gasteiger charge is 2.78. The fourth-order valence-electron chi connectivity index (χ4n) is 11.8. The summed E-state index contributed by atoms with van der Waals surface area (Å²) in [5.74, 6) is -1.59. The highest BCUT2D eigenvalue weighted by atomic mass is 16.5. The van der Waals surface area contributed by atoms with E-state index in [0.717, 1.165) is 64.7 Å². The van der Waals surface area contributed by atoms with Gasteiger partial charge in [0.05, 0.1) is 30.0 Å². The SMILES string of the molecule is C/C=C1\C(=C/C/C2=C(\C(=O)OC)c3[nH]c4ccccc4c3CCCC[C@@H]2CC(O)(CC)CN)[C@]23CCN4CC=C[C@](CC)(C42)[C@@H](O)[C@](O)(C(N)=O)C3N1C. The van der Waals surface area contributed by atoms with Crippen LogP contribution in [0.4, 0.5) is 0 Å². The number of fused-ring (bicyclic) bond motifs is 3. The molecule has 2 aromatic rings. The molecule has 8 N–H and O–H groups in total. The number of primary amides is 1. The molecule has 5 aliphatic rings. The van der Waals surface area contributed by atoms with E-state index in [2.05, 4.69) is 22.0 Å². The van der Waals surface area contributed by atoms with E-state index in [0.29, 0.717) is 50.8 Å². The third-order valence-electron chi connectivity index (χ3n) is 14.3. The summed E-state index contributed by atoms with van der Waals surface area (Å²) < 4.78 is 5.60. The number of H-pyrrole nitrogens is 1. The molecule has 3 aliphatic heterocycles. The van der Waals surface area contributed by atoms with Gasteiger partial charge in [-0.15, -0.1) is 0 Å². The number of likely N-dealkylation sites (tertiary alicyclic amines) is 1. The van der Waals surface area contributed by atoms with Crippen molar-refractivity contribution < 1.29 is 29.6 Å². The number of rotatable bonds is 9. The average Bonchev–Trinajstić information content (AvgIpc) is 3.83. The number of para-hydroxylation sites is 1. The van der Waals surface area contributed by atoms with Crippen molar-refractivity contribution in [3.05, 3.63) is 76.7 Å². The molecule has 0 radical (unpaired) electrons. The molecule has 1 aromatic carbocycles. The van der Waals surface area contributed by atoms with Crippen LogP contribution in [-0.4, -0.2) is 105 Å². The van der Waals surface area contributed by atoms with E-state index in [1.54, 1.807) is 0 Å². The van der Waals surface area contributed by atoms with Gasteiger partial charge in [-0.1, -0.05) is 62.8 Å². The number of aliphatic hydroxyl groups excluding tert-OH is 1. The number of hydrogen-bond donors (Lipinski definition) is 6. The minimum absolute atomic E-state index is 0.0933. The van der Waals surface area contributed by atoms with Crippen molar-refractivity contribution >= 4 is 28.4 Å². The number of carbonyl (C=O) groups is 2. The van der Waals surface area contributed by atoms with Crippen molar-refractivity contribution in [2.75, 3.05) is 33.8 Å². The molecule has 0 bridgehead atoms. The second-order valence-electron chi connectivity index (χ2n) is 16.5. The molecule has 11 nitrogen and oxygen atoms in total. The van der Waals surface area contributed by atoms with Crippen molar-refractivity contribution in [3.8, 4) is 0 Å². The number of esters is 1. The molecule has 292 valence electrons. The minimum Gasteiger partial charge on any atom is -0.465 e. The van der Waals surface area contributed by atoms with Crippen LogP contribution in [0, 0.1) is 16.7 Å². The van der Waals surface area contributed by atoms with Crippen molar-refractivity contribution in [1.82, 2.24) is 14.8 Å². The zero-order valence-corrected chi connectivity index (χ0v) is 32.5. The number of nitrogens with one attached hydrogen (secondary N) is 1. The molecule has 11 heteroatoms. The molecule has 8 atom stereocenters. The third kappa shape index (κ3) is 5.33. The lowest BCUT2D eigenvalue weighted by Crippen LogP contribution is -2.79. The number of aliphatic hydroxyl groups is 3. The highest BCUT2D eigenvalue weighted by molar-refractivity contribution is 6.18. The topological polar surface area (TPSA) is 178 Å². The Kier molecular flexibility index (Phi) is 10.0. The second kappa shape index (κ2) is 14.1. The molecule has 54 heavy (non-hydrogen) atoms. The molecule has 1 aromatic heterocycles. The maximum Gasteiger partial charge on any atom is 0.339 e. The van der Waals surface area contributed by atoms with Crippen LogP contribution in [0.2, 0.25) is 0 Å². The zero-order valence-electron chi connectivity index (χ0n) is 32.5. The number of amides is 1. The van der Waals surface area contributed by atoms with Crippen molar-refractivity contribution in [2.24, 2.45) is 28.2 Å². The largest absolute Gasteiger partial charge is 0.465 e. The minimum atomic E-state index is -2.25. The Morgan fingerprint density at radius 2 is 1.94 bits per heavy atom. The van der Waals surface area contributed by atoms with E-state index in [4.69, 9.17) is 16.2 Å². The fraction of sp³-hybridized carbons (Fsp3) is 0.581. The van der Waals surface area contributed by atoms with Gasteiger partial charge in [0, 0.05) is 53.6 Å². The van der Waals surface area contributed by atoms with Gasteiger partial charge in [-0.05, 0) is 93.5 Å². The molecule has 1 amide bonds. The van der Waals surface area contributed by atoms with Gasteiger partial charge in [-0.25, -0.2) is 4.79 Å². The first-order valence-electron chi connectivity index (χ1n) is 19.9. The van der Waals surface area contributed by atoms with Crippen LogP contribution >= 0.6 is 0 Å². The number of aryl methyl sites for hydroxylation is 1. The Morgan fingerprint density at radius 3 is 2.61 bits per heavy atom. The van der Waals surface area contributed by atoms with Crippen LogP contribution in [0.3, 0.4) is 0 Å². The number of aromatic amines is 1. The summed E-state index contributed by atoms with van der Waals surface area (Å²) in [5, 5.41) is 37.7. The predicted octanol–water partition coefficient (Wildman–Crippen LogP) is 4.08. The lowest BCUT2D eigenvalue weighted by atomic mass is 9.47. The number of carbonyl (C=O) groups excluding carboxylic acids is 2. The Bertz CT molecular complexity index is 1940. The molecule has 1 spiro atoms. The Morgan fingerprint density at radius 1 is 1.19 bits per heavy atom. The maximum atomic E-state index is 14.3. The summed E-state index contributed by atoms with van der Waals surface area (Å²) in [6.07, 6.45) is 12.5. The van der Waals surface area contributed by atoms with Gasteiger partial charge < -0.3 is 41.4 Å². The molecular formula is C43H59N5O6. The van der Waals surface area contributed by atoms with E-state index in [1.807, 2.05) is 69.1 Å². The number of nitrogens with zero attached hydrogens (tertiary/aromatic N) is 2. The molecule has 4 heterocycles. The molecule has 2 aliphatic carbocycles. The Balaban J connectivity index is 1.50. The summed E-state index contributed by atoms with van der Waals surface area (Å²) in [5.41, 5.74) is 13.2. The molecule has 7 rings (SSSR count). The van der Waals surface area contributed by atoms with Crippen molar-refractivity contribution in [3.63, 3.8) is 0 Å². The predicted molar refractivity (Wildman–Crippen MR) is 210 cm³/mol.